The van der Waals surface area contributed by atoms with E-state index in [-0.39, 0.29) is 23.1 Å². The second-order valence-corrected chi connectivity index (χ2v) is 5.47. The van der Waals surface area contributed by atoms with Gasteiger partial charge in [0.1, 0.15) is 5.82 Å². The van der Waals surface area contributed by atoms with Crippen LogP contribution in [0.5, 0.6) is 0 Å². The van der Waals surface area contributed by atoms with Gasteiger partial charge in [-0.1, -0.05) is 0 Å². The first-order chi connectivity index (χ1) is 9.04. The van der Waals surface area contributed by atoms with Crippen molar-refractivity contribution in [1.82, 2.24) is 0 Å². The second kappa shape index (κ2) is 4.33. The van der Waals surface area contributed by atoms with Crippen LogP contribution in [0.3, 0.4) is 0 Å². The predicted octanol–water partition coefficient (Wildman–Crippen LogP) is 1.91. The lowest BCUT2D eigenvalue weighted by molar-refractivity contribution is -0.120. The summed E-state index contributed by atoms with van der Waals surface area (Å²) in [5.74, 6) is 0.00215. The van der Waals surface area contributed by atoms with Gasteiger partial charge >= 0.3 is 0 Å². The third-order valence-electron chi connectivity index (χ3n) is 4.12. The van der Waals surface area contributed by atoms with Crippen LogP contribution in [0.2, 0.25) is 0 Å². The minimum absolute atomic E-state index is 0.0274. The van der Waals surface area contributed by atoms with Gasteiger partial charge in [-0.2, -0.15) is 0 Å². The Labute approximate surface area is 110 Å². The van der Waals surface area contributed by atoms with Gasteiger partial charge in [-0.25, -0.2) is 4.39 Å². The fourth-order valence-electron chi connectivity index (χ4n) is 2.94. The largest absolute Gasteiger partial charge is 0.366 e. The summed E-state index contributed by atoms with van der Waals surface area (Å²) in [7, 11) is 0. The Morgan fingerprint density at radius 1 is 1.21 bits per heavy atom. The number of fused-ring (bicyclic) bond motifs is 1. The van der Waals surface area contributed by atoms with Crippen LogP contribution in [0, 0.1) is 23.6 Å². The summed E-state index contributed by atoms with van der Waals surface area (Å²) in [5, 5.41) is 2.57. The molecule has 2 aliphatic carbocycles. The monoisotopic (exact) mass is 262 g/mol. The molecule has 0 aliphatic heterocycles. The molecule has 1 aromatic rings. The number of hydrogen-bond donors (Lipinski definition) is 2. The van der Waals surface area contributed by atoms with Crippen LogP contribution in [-0.4, -0.2) is 11.8 Å². The number of nitrogens with two attached hydrogens (primary N) is 1. The molecule has 3 rings (SSSR count). The zero-order chi connectivity index (χ0) is 13.6. The lowest BCUT2D eigenvalue weighted by Crippen LogP contribution is -2.22. The molecule has 0 spiro atoms. The van der Waals surface area contributed by atoms with Gasteiger partial charge in [0, 0.05) is 11.5 Å². The molecule has 5 heteroatoms. The molecule has 2 amide bonds. The van der Waals surface area contributed by atoms with Gasteiger partial charge in [-0.3, -0.25) is 9.59 Å². The number of anilines is 1. The summed E-state index contributed by atoms with van der Waals surface area (Å²) in [4.78, 5) is 23.1. The third kappa shape index (κ3) is 2.32. The number of carbonyl (C=O) groups is 2. The normalized spacial score (nSPS) is 27.7. The topological polar surface area (TPSA) is 72.2 Å². The van der Waals surface area contributed by atoms with Gasteiger partial charge in [0.05, 0.1) is 5.69 Å². The molecule has 2 unspecified atom stereocenters. The summed E-state index contributed by atoms with van der Waals surface area (Å²) in [6.45, 7) is 0. The Morgan fingerprint density at radius 2 is 1.89 bits per heavy atom. The molecule has 2 saturated carbocycles. The van der Waals surface area contributed by atoms with Crippen LogP contribution in [0.4, 0.5) is 10.1 Å². The van der Waals surface area contributed by atoms with Gasteiger partial charge in [0.15, 0.2) is 0 Å². The van der Waals surface area contributed by atoms with Crippen molar-refractivity contribution in [1.29, 1.82) is 0 Å². The van der Waals surface area contributed by atoms with E-state index >= 15 is 0 Å². The Balaban J connectivity index is 1.73. The molecule has 19 heavy (non-hydrogen) atoms. The van der Waals surface area contributed by atoms with Gasteiger partial charge in [-0.05, 0) is 49.3 Å². The number of rotatable bonds is 3. The summed E-state index contributed by atoms with van der Waals surface area (Å²) in [6.07, 6.45) is 3.02. The molecule has 100 valence electrons. The van der Waals surface area contributed by atoms with Gasteiger partial charge in [-0.15, -0.1) is 0 Å². The number of primary amides is 1. The lowest BCUT2D eigenvalue weighted by atomic mass is 10.0. The number of benzene rings is 1. The molecule has 2 fully saturated rings. The Kier molecular flexibility index (Phi) is 2.77. The third-order valence-corrected chi connectivity index (χ3v) is 4.12. The molecular weight excluding hydrogens is 247 g/mol. The van der Waals surface area contributed by atoms with E-state index in [2.05, 4.69) is 5.32 Å². The highest BCUT2D eigenvalue weighted by molar-refractivity contribution is 5.97. The fourth-order valence-corrected chi connectivity index (χ4v) is 2.94. The highest BCUT2D eigenvalue weighted by Crippen LogP contribution is 2.54. The van der Waals surface area contributed by atoms with Gasteiger partial charge in [0.25, 0.3) is 0 Å². The van der Waals surface area contributed by atoms with Crippen molar-refractivity contribution in [2.24, 2.45) is 23.5 Å². The maximum atomic E-state index is 13.6. The van der Waals surface area contributed by atoms with Crippen LogP contribution in [0.15, 0.2) is 18.2 Å². The molecule has 2 atom stereocenters. The highest BCUT2D eigenvalue weighted by atomic mass is 19.1. The second-order valence-electron chi connectivity index (χ2n) is 5.47. The van der Waals surface area contributed by atoms with Crippen LogP contribution in [-0.2, 0) is 4.79 Å². The summed E-state index contributed by atoms with van der Waals surface area (Å²) >= 11 is 0. The Morgan fingerprint density at radius 3 is 2.53 bits per heavy atom. The van der Waals surface area contributed by atoms with E-state index in [4.69, 9.17) is 5.73 Å². The molecule has 0 radical (unpaired) electrons. The first-order valence-electron chi connectivity index (χ1n) is 6.45. The zero-order valence-corrected chi connectivity index (χ0v) is 10.4. The molecule has 2 aliphatic rings. The first kappa shape index (κ1) is 12.1. The quantitative estimate of drug-likeness (QED) is 0.873. The molecule has 0 bridgehead atoms. The summed E-state index contributed by atoms with van der Waals surface area (Å²) in [6, 6.07) is 3.73. The number of halogens is 1. The summed E-state index contributed by atoms with van der Waals surface area (Å²) < 4.78 is 13.6. The van der Waals surface area contributed by atoms with E-state index in [1.807, 2.05) is 0 Å². The van der Waals surface area contributed by atoms with Gasteiger partial charge < -0.3 is 11.1 Å². The van der Waals surface area contributed by atoms with E-state index < -0.39 is 11.7 Å². The number of carbonyl (C=O) groups excluding carboxylic acids is 2. The number of nitrogens with one attached hydrogen (secondary N) is 1. The van der Waals surface area contributed by atoms with Crippen LogP contribution < -0.4 is 11.1 Å². The van der Waals surface area contributed by atoms with Crippen molar-refractivity contribution in [3.8, 4) is 0 Å². The first-order valence-corrected chi connectivity index (χ1v) is 6.45. The molecule has 1 aromatic carbocycles. The maximum Gasteiger partial charge on any atom is 0.248 e. The van der Waals surface area contributed by atoms with Crippen molar-refractivity contribution >= 4 is 17.5 Å². The van der Waals surface area contributed by atoms with Crippen LogP contribution in [0.25, 0.3) is 0 Å². The van der Waals surface area contributed by atoms with Crippen LogP contribution >= 0.6 is 0 Å². The minimum atomic E-state index is -0.641. The molecular formula is C14H15FN2O2. The van der Waals surface area contributed by atoms with E-state index in [1.54, 1.807) is 0 Å². The zero-order valence-electron chi connectivity index (χ0n) is 10.4. The van der Waals surface area contributed by atoms with Crippen molar-refractivity contribution in [2.45, 2.75) is 19.3 Å². The van der Waals surface area contributed by atoms with Crippen molar-refractivity contribution in [3.63, 3.8) is 0 Å². The van der Waals surface area contributed by atoms with Crippen molar-refractivity contribution < 1.29 is 14.0 Å². The Hall–Kier alpha value is -1.91. The minimum Gasteiger partial charge on any atom is -0.366 e. The molecule has 0 heterocycles. The van der Waals surface area contributed by atoms with E-state index in [0.717, 1.165) is 18.9 Å². The average Bonchev–Trinajstić information content (AvgIpc) is 2.98. The van der Waals surface area contributed by atoms with E-state index in [0.29, 0.717) is 11.8 Å². The number of amides is 2. The van der Waals surface area contributed by atoms with E-state index in [1.165, 1.54) is 18.6 Å². The molecule has 0 saturated heterocycles. The van der Waals surface area contributed by atoms with Crippen molar-refractivity contribution in [2.75, 3.05) is 5.32 Å². The summed E-state index contributed by atoms with van der Waals surface area (Å²) in [5.41, 5.74) is 5.35. The Bertz CT molecular complexity index is 548. The lowest BCUT2D eigenvalue weighted by Gasteiger charge is -2.13. The van der Waals surface area contributed by atoms with Gasteiger partial charge in [0.2, 0.25) is 11.8 Å². The maximum absolute atomic E-state index is 13.6. The number of hydrogen-bond acceptors (Lipinski definition) is 2. The standard InChI is InChI=1S/C14H15FN2O2/c15-11-2-1-7(13(16)18)6-12(11)17-14(19)10-4-8-3-9(8)5-10/h1-2,6,8-10H,3-5H2,(H2,16,18)(H,17,19). The average molecular weight is 262 g/mol. The smallest absolute Gasteiger partial charge is 0.248 e. The van der Waals surface area contributed by atoms with Crippen LogP contribution in [0.1, 0.15) is 29.6 Å². The predicted molar refractivity (Wildman–Crippen MR) is 67.9 cm³/mol. The SMILES string of the molecule is NC(=O)c1ccc(F)c(NC(=O)C2CC3CC3C2)c1. The van der Waals surface area contributed by atoms with Crippen molar-refractivity contribution in [3.05, 3.63) is 29.6 Å². The molecule has 0 aromatic heterocycles. The fraction of sp³-hybridized carbons (Fsp3) is 0.429. The van der Waals surface area contributed by atoms with E-state index in [9.17, 15) is 14.0 Å². The highest BCUT2D eigenvalue weighted by Gasteiger charge is 2.48. The molecule has 3 N–H and O–H groups in total. The molecule has 4 nitrogen and oxygen atoms in total.